The van der Waals surface area contributed by atoms with E-state index in [4.69, 9.17) is 4.74 Å². The lowest BCUT2D eigenvalue weighted by atomic mass is 10.2. The molecule has 0 saturated heterocycles. The van der Waals surface area contributed by atoms with Crippen molar-refractivity contribution in [2.75, 3.05) is 0 Å². The summed E-state index contributed by atoms with van der Waals surface area (Å²) >= 11 is 0. The summed E-state index contributed by atoms with van der Waals surface area (Å²) in [6, 6.07) is 8.34. The lowest BCUT2D eigenvalue weighted by Gasteiger charge is -2.14. The summed E-state index contributed by atoms with van der Waals surface area (Å²) in [5.74, 6) is 1.19. The molecule has 0 aliphatic heterocycles. The average molecular weight is 387 g/mol. The van der Waals surface area contributed by atoms with Gasteiger partial charge >= 0.3 is 0 Å². The maximum atomic E-state index is 12.7. The van der Waals surface area contributed by atoms with Crippen molar-refractivity contribution in [2.24, 2.45) is 0 Å². The first-order valence-electron chi connectivity index (χ1n) is 8.42. The minimum absolute atomic E-state index is 0.0186. The van der Waals surface area contributed by atoms with Crippen LogP contribution in [0.3, 0.4) is 0 Å². The van der Waals surface area contributed by atoms with Crippen molar-refractivity contribution < 1.29 is 13.2 Å². The Morgan fingerprint density at radius 3 is 2.74 bits per heavy atom. The van der Waals surface area contributed by atoms with Crippen molar-refractivity contribution in [2.45, 2.75) is 38.3 Å². The van der Waals surface area contributed by atoms with Crippen LogP contribution in [-0.4, -0.2) is 34.3 Å². The molecule has 2 heterocycles. The van der Waals surface area contributed by atoms with E-state index in [1.54, 1.807) is 30.5 Å². The van der Waals surface area contributed by atoms with Crippen LogP contribution in [0.5, 0.6) is 5.75 Å². The summed E-state index contributed by atoms with van der Waals surface area (Å²) in [5.41, 5.74) is 1.44. The average Bonchev–Trinajstić information content (AvgIpc) is 3.16. The molecule has 0 aliphatic rings. The minimum atomic E-state index is -3.69. The summed E-state index contributed by atoms with van der Waals surface area (Å²) < 4.78 is 35.1. The molecule has 0 aliphatic carbocycles. The number of pyridine rings is 1. The number of aromatic nitrogens is 4. The number of benzene rings is 1. The molecule has 0 spiro atoms. The first kappa shape index (κ1) is 19.0. The van der Waals surface area contributed by atoms with Crippen LogP contribution in [0.25, 0.3) is 5.82 Å². The third kappa shape index (κ3) is 4.50. The van der Waals surface area contributed by atoms with Crippen molar-refractivity contribution in [3.05, 3.63) is 60.3 Å². The Hall–Kier alpha value is -2.78. The van der Waals surface area contributed by atoms with E-state index in [0.717, 1.165) is 5.56 Å². The molecule has 0 bridgehead atoms. The Morgan fingerprint density at radius 2 is 2.07 bits per heavy atom. The van der Waals surface area contributed by atoms with Gasteiger partial charge in [-0.3, -0.25) is 0 Å². The van der Waals surface area contributed by atoms with Crippen molar-refractivity contribution in [3.8, 4) is 11.6 Å². The molecule has 0 radical (unpaired) electrons. The lowest BCUT2D eigenvalue weighted by molar-refractivity contribution is 0.240. The zero-order valence-corrected chi connectivity index (χ0v) is 16.1. The topological polar surface area (TPSA) is 99.0 Å². The SMILES string of the molecule is Cc1cc(S(=O)(=O)NCc2cccnc2-n2cncn2)ccc1OC(C)C. The fourth-order valence-corrected chi connectivity index (χ4v) is 3.61. The van der Waals surface area contributed by atoms with Crippen LogP contribution in [0.15, 0.2) is 54.1 Å². The van der Waals surface area contributed by atoms with Gasteiger partial charge in [0, 0.05) is 18.3 Å². The van der Waals surface area contributed by atoms with Gasteiger partial charge in [0.2, 0.25) is 10.0 Å². The molecule has 1 N–H and O–H groups in total. The fourth-order valence-electron chi connectivity index (χ4n) is 2.52. The zero-order valence-electron chi connectivity index (χ0n) is 15.3. The lowest BCUT2D eigenvalue weighted by Crippen LogP contribution is -2.24. The van der Waals surface area contributed by atoms with Crippen LogP contribution in [0.1, 0.15) is 25.0 Å². The van der Waals surface area contributed by atoms with E-state index in [-0.39, 0.29) is 17.5 Å². The van der Waals surface area contributed by atoms with Crippen LogP contribution in [0, 0.1) is 6.92 Å². The van der Waals surface area contributed by atoms with E-state index < -0.39 is 10.0 Å². The van der Waals surface area contributed by atoms with Crippen LogP contribution >= 0.6 is 0 Å². The molecular weight excluding hydrogens is 366 g/mol. The van der Waals surface area contributed by atoms with Gasteiger partial charge in [-0.15, -0.1) is 0 Å². The van der Waals surface area contributed by atoms with E-state index in [1.807, 2.05) is 20.8 Å². The number of nitrogens with zero attached hydrogens (tertiary/aromatic N) is 4. The second-order valence-corrected chi connectivity index (χ2v) is 8.01. The van der Waals surface area contributed by atoms with Crippen molar-refractivity contribution >= 4 is 10.0 Å². The van der Waals surface area contributed by atoms with E-state index >= 15 is 0 Å². The van der Waals surface area contributed by atoms with Crippen LogP contribution < -0.4 is 9.46 Å². The standard InChI is InChI=1S/C18H21N5O3S/c1-13(2)26-17-7-6-16(9-14(17)3)27(24,25)22-10-15-5-4-8-20-18(15)23-12-19-11-21-23/h4-9,11-13,22H,10H2,1-3H3. The number of hydrogen-bond acceptors (Lipinski definition) is 6. The maximum absolute atomic E-state index is 12.7. The Bertz CT molecular complexity index is 1020. The molecule has 27 heavy (non-hydrogen) atoms. The zero-order chi connectivity index (χ0) is 19.4. The number of aryl methyl sites for hydroxylation is 1. The van der Waals surface area contributed by atoms with Crippen molar-refractivity contribution in [1.29, 1.82) is 0 Å². The summed E-state index contributed by atoms with van der Waals surface area (Å²) in [5, 5.41) is 4.05. The highest BCUT2D eigenvalue weighted by atomic mass is 32.2. The highest BCUT2D eigenvalue weighted by Gasteiger charge is 2.17. The number of rotatable bonds is 7. The fraction of sp³-hybridized carbons (Fsp3) is 0.278. The quantitative estimate of drug-likeness (QED) is 0.667. The largest absolute Gasteiger partial charge is 0.491 e. The number of ether oxygens (including phenoxy) is 1. The normalized spacial score (nSPS) is 11.7. The molecule has 1 aromatic carbocycles. The first-order valence-corrected chi connectivity index (χ1v) is 9.91. The Labute approximate surface area is 158 Å². The van der Waals surface area contributed by atoms with Gasteiger partial charge in [0.15, 0.2) is 5.82 Å². The predicted molar refractivity (Wildman–Crippen MR) is 100 cm³/mol. The molecule has 8 nitrogen and oxygen atoms in total. The van der Waals surface area contributed by atoms with Gasteiger partial charge in [-0.05, 0) is 50.6 Å². The summed E-state index contributed by atoms with van der Waals surface area (Å²) in [7, 11) is -3.69. The third-order valence-corrected chi connectivity index (χ3v) is 5.17. The third-order valence-electron chi connectivity index (χ3n) is 3.78. The number of sulfonamides is 1. The van der Waals surface area contributed by atoms with Gasteiger partial charge < -0.3 is 4.74 Å². The maximum Gasteiger partial charge on any atom is 0.240 e. The molecule has 3 aromatic rings. The Morgan fingerprint density at radius 1 is 1.26 bits per heavy atom. The molecule has 9 heteroatoms. The second-order valence-electron chi connectivity index (χ2n) is 6.24. The van der Waals surface area contributed by atoms with E-state index in [9.17, 15) is 8.42 Å². The van der Waals surface area contributed by atoms with Gasteiger partial charge in [0.05, 0.1) is 11.0 Å². The van der Waals surface area contributed by atoms with Crippen LogP contribution in [-0.2, 0) is 16.6 Å². The van der Waals surface area contributed by atoms with Crippen molar-refractivity contribution in [1.82, 2.24) is 24.5 Å². The number of hydrogen-bond donors (Lipinski definition) is 1. The predicted octanol–water partition coefficient (Wildman–Crippen LogP) is 2.24. The van der Waals surface area contributed by atoms with Gasteiger partial charge in [-0.1, -0.05) is 6.07 Å². The summed E-state index contributed by atoms with van der Waals surface area (Å²) in [4.78, 5) is 8.34. The molecule has 0 unspecified atom stereocenters. The monoisotopic (exact) mass is 387 g/mol. The second kappa shape index (κ2) is 7.85. The molecule has 3 rings (SSSR count). The van der Waals surface area contributed by atoms with Gasteiger partial charge in [-0.2, -0.15) is 5.10 Å². The highest BCUT2D eigenvalue weighted by molar-refractivity contribution is 7.89. The van der Waals surface area contributed by atoms with E-state index in [2.05, 4.69) is 19.8 Å². The van der Waals surface area contributed by atoms with Crippen LogP contribution in [0.4, 0.5) is 0 Å². The molecule has 142 valence electrons. The molecule has 0 saturated carbocycles. The number of nitrogens with one attached hydrogen (secondary N) is 1. The molecular formula is C18H21N5O3S. The van der Waals surface area contributed by atoms with Gasteiger partial charge in [-0.25, -0.2) is 27.8 Å². The highest BCUT2D eigenvalue weighted by Crippen LogP contribution is 2.23. The van der Waals surface area contributed by atoms with Gasteiger partial charge in [0.1, 0.15) is 18.4 Å². The Kier molecular flexibility index (Phi) is 5.52. The molecule has 0 atom stereocenters. The van der Waals surface area contributed by atoms with Crippen molar-refractivity contribution in [3.63, 3.8) is 0 Å². The van der Waals surface area contributed by atoms with E-state index in [0.29, 0.717) is 17.1 Å². The van der Waals surface area contributed by atoms with Gasteiger partial charge in [0.25, 0.3) is 0 Å². The summed E-state index contributed by atoms with van der Waals surface area (Å²) in [6.07, 6.45) is 4.54. The smallest absolute Gasteiger partial charge is 0.240 e. The molecule has 2 aromatic heterocycles. The van der Waals surface area contributed by atoms with E-state index in [1.165, 1.54) is 23.4 Å². The molecule has 0 fully saturated rings. The summed E-state index contributed by atoms with van der Waals surface area (Å²) in [6.45, 7) is 5.74. The minimum Gasteiger partial charge on any atom is -0.491 e. The Balaban J connectivity index is 1.79. The first-order chi connectivity index (χ1) is 12.9. The van der Waals surface area contributed by atoms with Crippen LogP contribution in [0.2, 0.25) is 0 Å². The molecule has 0 amide bonds.